The molecular weight excluding hydrogens is 217 g/mol. The van der Waals surface area contributed by atoms with Crippen molar-refractivity contribution in [1.82, 2.24) is 0 Å². The Kier molecular flexibility index (Phi) is 2.07. The fourth-order valence-corrected chi connectivity index (χ4v) is 2.70. The summed E-state index contributed by atoms with van der Waals surface area (Å²) in [6, 6.07) is 9.90. The van der Waals surface area contributed by atoms with E-state index in [1.165, 1.54) is 0 Å². The number of hydrogen-bond acceptors (Lipinski definition) is 1. The van der Waals surface area contributed by atoms with E-state index in [-0.39, 0.29) is 20.9 Å². The van der Waals surface area contributed by atoms with Gasteiger partial charge in [0.25, 0.3) is 0 Å². The van der Waals surface area contributed by atoms with E-state index >= 15 is 0 Å². The molecule has 3 heteroatoms. The number of carbonyl (C=O) groups excluding carboxylic acids is 1. The normalized spacial score (nSPS) is 16.3. The topological polar surface area (TPSA) is 29.4 Å². The molecular formula is C9H7NOSe. The zero-order valence-electron chi connectivity index (χ0n) is 6.36. The summed E-state index contributed by atoms with van der Waals surface area (Å²) in [5.74, 6) is 0.0360. The second-order valence-electron chi connectivity index (χ2n) is 2.47. The van der Waals surface area contributed by atoms with Gasteiger partial charge in [-0.1, -0.05) is 0 Å². The molecule has 0 saturated carbocycles. The predicted octanol–water partition coefficient (Wildman–Crippen LogP) is 1.10. The van der Waals surface area contributed by atoms with E-state index in [9.17, 15) is 4.79 Å². The first kappa shape index (κ1) is 7.71. The van der Waals surface area contributed by atoms with Crippen molar-refractivity contribution < 1.29 is 4.79 Å². The Bertz CT molecular complexity index is 332. The van der Waals surface area contributed by atoms with Crippen LogP contribution in [0.4, 0.5) is 0 Å². The number of hydrogen-bond donors (Lipinski definition) is 0. The van der Waals surface area contributed by atoms with Gasteiger partial charge in [0, 0.05) is 0 Å². The summed E-state index contributed by atoms with van der Waals surface area (Å²) in [6.07, 6.45) is 0. The number of amides is 1. The molecule has 1 aliphatic rings. The molecule has 2 rings (SSSR count). The molecule has 0 saturated heterocycles. The molecule has 0 aliphatic carbocycles. The van der Waals surface area contributed by atoms with Crippen molar-refractivity contribution in [2.75, 3.05) is 0 Å². The minimum absolute atomic E-state index is 0.0360. The summed E-state index contributed by atoms with van der Waals surface area (Å²) >= 11 is 0.262. The van der Waals surface area contributed by atoms with E-state index in [4.69, 9.17) is 0 Å². The molecule has 0 atom stereocenters. The Balaban J connectivity index is 2.33. The number of rotatable bonds is 1. The summed E-state index contributed by atoms with van der Waals surface area (Å²) in [6.45, 7) is 0. The molecule has 0 bridgehead atoms. The van der Waals surface area contributed by atoms with Crippen molar-refractivity contribution in [2.45, 2.75) is 5.32 Å². The molecule has 2 nitrogen and oxygen atoms in total. The van der Waals surface area contributed by atoms with Gasteiger partial charge in [-0.05, 0) is 0 Å². The Morgan fingerprint density at radius 1 is 1.25 bits per heavy atom. The van der Waals surface area contributed by atoms with E-state index < -0.39 is 0 Å². The van der Waals surface area contributed by atoms with Gasteiger partial charge < -0.3 is 0 Å². The Labute approximate surface area is 76.9 Å². The molecule has 1 aromatic rings. The van der Waals surface area contributed by atoms with Gasteiger partial charge >= 0.3 is 76.5 Å². The number of nitrogens with zero attached hydrogens (tertiary/aromatic N) is 1. The van der Waals surface area contributed by atoms with Crippen molar-refractivity contribution >= 4 is 25.5 Å². The summed E-state index contributed by atoms with van der Waals surface area (Å²) in [5.41, 5.74) is 1.10. The number of benzene rings is 1. The molecule has 1 aliphatic heterocycles. The fraction of sp³-hybridized carbons (Fsp3) is 0.111. The van der Waals surface area contributed by atoms with Crippen LogP contribution in [0.25, 0.3) is 0 Å². The molecule has 1 heterocycles. The van der Waals surface area contributed by atoms with Crippen LogP contribution in [0.15, 0.2) is 35.3 Å². The average molecular weight is 224 g/mol. The van der Waals surface area contributed by atoms with Gasteiger partial charge in [0.15, 0.2) is 0 Å². The van der Waals surface area contributed by atoms with Crippen molar-refractivity contribution in [2.24, 2.45) is 4.99 Å². The molecule has 12 heavy (non-hydrogen) atoms. The molecule has 0 radical (unpaired) electrons. The maximum atomic E-state index is 10.9. The fourth-order valence-electron chi connectivity index (χ4n) is 1.04. The third-order valence-electron chi connectivity index (χ3n) is 1.58. The summed E-state index contributed by atoms with van der Waals surface area (Å²) < 4.78 is 0.994. The van der Waals surface area contributed by atoms with Gasteiger partial charge in [0.2, 0.25) is 0 Å². The summed E-state index contributed by atoms with van der Waals surface area (Å²) in [4.78, 5) is 14.8. The molecule has 1 aromatic carbocycles. The van der Waals surface area contributed by atoms with E-state index in [2.05, 4.69) is 4.99 Å². The van der Waals surface area contributed by atoms with Crippen molar-refractivity contribution in [1.29, 1.82) is 0 Å². The van der Waals surface area contributed by atoms with E-state index in [0.29, 0.717) is 5.32 Å². The molecule has 60 valence electrons. The van der Waals surface area contributed by atoms with Crippen LogP contribution >= 0.6 is 0 Å². The Morgan fingerprint density at radius 3 is 2.58 bits per heavy atom. The van der Waals surface area contributed by atoms with E-state index in [1.54, 1.807) is 0 Å². The van der Waals surface area contributed by atoms with Crippen LogP contribution in [-0.2, 0) is 4.79 Å². The zero-order chi connectivity index (χ0) is 8.39. The van der Waals surface area contributed by atoms with Crippen molar-refractivity contribution in [3.8, 4) is 0 Å². The van der Waals surface area contributed by atoms with Crippen LogP contribution in [-0.4, -0.2) is 25.5 Å². The first-order valence-electron chi connectivity index (χ1n) is 3.66. The Morgan fingerprint density at radius 2 is 2.00 bits per heavy atom. The van der Waals surface area contributed by atoms with Crippen molar-refractivity contribution in [3.63, 3.8) is 0 Å². The van der Waals surface area contributed by atoms with E-state index in [0.717, 1.165) is 10.2 Å². The molecule has 0 N–H and O–H groups in total. The van der Waals surface area contributed by atoms with Crippen molar-refractivity contribution in [3.05, 3.63) is 35.9 Å². The van der Waals surface area contributed by atoms with Gasteiger partial charge in [-0.3, -0.25) is 0 Å². The van der Waals surface area contributed by atoms with Crippen LogP contribution in [0.2, 0.25) is 5.32 Å². The van der Waals surface area contributed by atoms with E-state index in [1.807, 2.05) is 30.3 Å². The SMILES string of the molecule is O=C1C[Se]C(c2ccccc2)=N1. The zero-order valence-corrected chi connectivity index (χ0v) is 8.07. The standard InChI is InChI=1S/C9H7NOSe/c11-8-6-12-9(10-8)7-4-2-1-3-5-7/h1-5H,6H2. The monoisotopic (exact) mass is 225 g/mol. The molecule has 0 unspecified atom stereocenters. The van der Waals surface area contributed by atoms with Gasteiger partial charge in [-0.2, -0.15) is 0 Å². The molecule has 0 spiro atoms. The number of aliphatic imine (C=N–C) groups is 1. The average Bonchev–Trinajstić information content (AvgIpc) is 2.54. The first-order valence-corrected chi connectivity index (χ1v) is 5.73. The summed E-state index contributed by atoms with van der Waals surface area (Å²) in [5, 5.41) is 0.636. The minimum atomic E-state index is 0.0360. The van der Waals surface area contributed by atoms with Gasteiger partial charge in [-0.15, -0.1) is 0 Å². The second kappa shape index (κ2) is 3.21. The molecule has 1 amide bonds. The van der Waals surface area contributed by atoms with Gasteiger partial charge in [0.05, 0.1) is 0 Å². The van der Waals surface area contributed by atoms with Crippen LogP contribution in [0.5, 0.6) is 0 Å². The number of carbonyl (C=O) groups is 1. The predicted molar refractivity (Wildman–Crippen MR) is 48.5 cm³/mol. The maximum absolute atomic E-state index is 10.9. The van der Waals surface area contributed by atoms with Gasteiger partial charge in [0.1, 0.15) is 0 Å². The summed E-state index contributed by atoms with van der Waals surface area (Å²) in [7, 11) is 0. The van der Waals surface area contributed by atoms with Crippen LogP contribution in [0.3, 0.4) is 0 Å². The quantitative estimate of drug-likeness (QED) is 0.656. The van der Waals surface area contributed by atoms with Crippen LogP contribution in [0.1, 0.15) is 5.56 Å². The Hall–Kier alpha value is -0.921. The third-order valence-corrected chi connectivity index (χ3v) is 3.66. The third kappa shape index (κ3) is 1.47. The first-order chi connectivity index (χ1) is 5.86. The van der Waals surface area contributed by atoms with Crippen LogP contribution < -0.4 is 0 Å². The molecule has 0 aromatic heterocycles. The molecule has 0 fully saturated rings. The van der Waals surface area contributed by atoms with Gasteiger partial charge in [-0.25, -0.2) is 0 Å². The second-order valence-corrected chi connectivity index (χ2v) is 4.49. The van der Waals surface area contributed by atoms with Crippen LogP contribution in [0, 0.1) is 0 Å².